The van der Waals surface area contributed by atoms with Crippen LogP contribution in [0, 0.1) is 19.7 Å². The minimum Gasteiger partial charge on any atom is -0.492 e. The van der Waals surface area contributed by atoms with Crippen LogP contribution in [0.5, 0.6) is 5.75 Å². The molecule has 6 nitrogen and oxygen atoms in total. The molecule has 0 bridgehead atoms. The number of carbonyl (C=O) groups excluding carboxylic acids is 1. The van der Waals surface area contributed by atoms with E-state index in [-0.39, 0.29) is 23.6 Å². The summed E-state index contributed by atoms with van der Waals surface area (Å²) in [5.74, 6) is -0.470. The molecule has 0 radical (unpaired) electrons. The molecule has 8 heteroatoms. The zero-order valence-corrected chi connectivity index (χ0v) is 18.0. The molecule has 0 saturated carbocycles. The lowest BCUT2D eigenvalue weighted by molar-refractivity contribution is 0.0946. The number of carbonyl (C=O) groups is 1. The number of ether oxygens (including phenoxy) is 1. The summed E-state index contributed by atoms with van der Waals surface area (Å²) in [6, 6.07) is 17.0. The predicted molar refractivity (Wildman–Crippen MR) is 117 cm³/mol. The van der Waals surface area contributed by atoms with Crippen molar-refractivity contribution in [3.63, 3.8) is 0 Å². The van der Waals surface area contributed by atoms with Crippen molar-refractivity contribution in [3.8, 4) is 5.75 Å². The average molecular weight is 443 g/mol. The summed E-state index contributed by atoms with van der Waals surface area (Å²) in [7, 11) is -3.85. The van der Waals surface area contributed by atoms with Gasteiger partial charge in [-0.15, -0.1) is 0 Å². The Bertz CT molecular complexity index is 1180. The van der Waals surface area contributed by atoms with E-state index < -0.39 is 21.7 Å². The van der Waals surface area contributed by atoms with Gasteiger partial charge in [-0.25, -0.2) is 12.8 Å². The highest BCUT2D eigenvalue weighted by atomic mass is 32.2. The number of amides is 1. The third-order valence-electron chi connectivity index (χ3n) is 4.52. The second-order valence-corrected chi connectivity index (χ2v) is 8.69. The maximum absolute atomic E-state index is 13.2. The summed E-state index contributed by atoms with van der Waals surface area (Å²) in [4.78, 5) is 12.5. The largest absolute Gasteiger partial charge is 0.492 e. The van der Waals surface area contributed by atoms with Gasteiger partial charge in [0.1, 0.15) is 18.2 Å². The minimum atomic E-state index is -3.85. The van der Waals surface area contributed by atoms with Crippen molar-refractivity contribution in [1.29, 1.82) is 0 Å². The van der Waals surface area contributed by atoms with Gasteiger partial charge in [0.2, 0.25) is 0 Å². The van der Waals surface area contributed by atoms with Crippen molar-refractivity contribution in [3.05, 3.63) is 89.2 Å². The van der Waals surface area contributed by atoms with Crippen molar-refractivity contribution < 1.29 is 22.3 Å². The summed E-state index contributed by atoms with van der Waals surface area (Å²) >= 11 is 0. The van der Waals surface area contributed by atoms with E-state index >= 15 is 0 Å². The number of aryl methyl sites for hydroxylation is 2. The molecule has 0 aromatic heterocycles. The van der Waals surface area contributed by atoms with E-state index in [1.807, 2.05) is 6.92 Å². The summed E-state index contributed by atoms with van der Waals surface area (Å²) in [5, 5.41) is 2.69. The lowest BCUT2D eigenvalue weighted by Crippen LogP contribution is -2.29. The van der Waals surface area contributed by atoms with E-state index in [4.69, 9.17) is 4.74 Å². The smallest absolute Gasteiger partial charge is 0.261 e. The number of anilines is 1. The molecular weight excluding hydrogens is 419 g/mol. The summed E-state index contributed by atoms with van der Waals surface area (Å²) in [5.41, 5.74) is 2.33. The number of nitrogens with one attached hydrogen (secondary N) is 2. The average Bonchev–Trinajstić information content (AvgIpc) is 2.73. The van der Waals surface area contributed by atoms with Crippen LogP contribution in [-0.2, 0) is 10.0 Å². The summed E-state index contributed by atoms with van der Waals surface area (Å²) in [6.07, 6.45) is 0. The fourth-order valence-electron chi connectivity index (χ4n) is 2.83. The van der Waals surface area contributed by atoms with Crippen LogP contribution in [0.25, 0.3) is 0 Å². The highest BCUT2D eigenvalue weighted by Gasteiger charge is 2.18. The molecule has 0 heterocycles. The van der Waals surface area contributed by atoms with E-state index in [0.717, 1.165) is 5.56 Å². The van der Waals surface area contributed by atoms with Crippen LogP contribution in [0.1, 0.15) is 21.5 Å². The summed E-state index contributed by atoms with van der Waals surface area (Å²) in [6.45, 7) is 3.95. The normalized spacial score (nSPS) is 11.1. The van der Waals surface area contributed by atoms with Gasteiger partial charge in [-0.3, -0.25) is 9.52 Å². The van der Waals surface area contributed by atoms with E-state index in [2.05, 4.69) is 10.0 Å². The lowest BCUT2D eigenvalue weighted by Gasteiger charge is -2.12. The zero-order chi connectivity index (χ0) is 22.4. The second-order valence-electron chi connectivity index (χ2n) is 7.01. The topological polar surface area (TPSA) is 84.5 Å². The molecule has 3 aromatic carbocycles. The van der Waals surface area contributed by atoms with Crippen molar-refractivity contribution in [1.82, 2.24) is 5.32 Å². The number of halogens is 1. The molecule has 0 fully saturated rings. The molecular formula is C23H23FN2O4S. The first kappa shape index (κ1) is 22.3. The molecule has 1 amide bonds. The van der Waals surface area contributed by atoms with E-state index in [1.165, 1.54) is 30.3 Å². The maximum Gasteiger partial charge on any atom is 0.261 e. The van der Waals surface area contributed by atoms with Crippen LogP contribution in [0.15, 0.2) is 71.6 Å². The standard InChI is InChI=1S/C23H23FN2O4S/c1-16-6-9-19(10-7-16)26-31(28,29)21-11-8-17(2)22(15-21)23(27)25-12-13-30-20-5-3-4-18(24)14-20/h3-11,14-15,26H,12-13H2,1-2H3,(H,25,27). The van der Waals surface area contributed by atoms with Crippen molar-refractivity contribution >= 4 is 21.6 Å². The van der Waals surface area contributed by atoms with Crippen molar-refractivity contribution in [2.24, 2.45) is 0 Å². The Morgan fingerprint density at radius 2 is 1.74 bits per heavy atom. The lowest BCUT2D eigenvalue weighted by atomic mass is 10.1. The minimum absolute atomic E-state index is 0.0140. The van der Waals surface area contributed by atoms with Crippen LogP contribution in [0.4, 0.5) is 10.1 Å². The van der Waals surface area contributed by atoms with E-state index in [1.54, 1.807) is 43.3 Å². The molecule has 162 valence electrons. The van der Waals surface area contributed by atoms with Gasteiger partial charge in [0.25, 0.3) is 15.9 Å². The fraction of sp³-hybridized carbons (Fsp3) is 0.174. The molecule has 0 aliphatic heterocycles. The third kappa shape index (κ3) is 6.05. The van der Waals surface area contributed by atoms with Gasteiger partial charge >= 0.3 is 0 Å². The van der Waals surface area contributed by atoms with Crippen LogP contribution in [0.2, 0.25) is 0 Å². The first-order valence-corrected chi connectivity index (χ1v) is 11.1. The first-order valence-electron chi connectivity index (χ1n) is 9.61. The number of hydrogen-bond acceptors (Lipinski definition) is 4. The highest BCUT2D eigenvalue weighted by Crippen LogP contribution is 2.20. The van der Waals surface area contributed by atoms with Crippen LogP contribution >= 0.6 is 0 Å². The Kier molecular flexibility index (Phi) is 6.91. The number of benzene rings is 3. The maximum atomic E-state index is 13.2. The van der Waals surface area contributed by atoms with Crippen LogP contribution < -0.4 is 14.8 Å². The van der Waals surface area contributed by atoms with Crippen LogP contribution in [0.3, 0.4) is 0 Å². The molecule has 3 rings (SSSR count). The number of rotatable bonds is 8. The zero-order valence-electron chi connectivity index (χ0n) is 17.2. The number of hydrogen-bond donors (Lipinski definition) is 2. The van der Waals surface area contributed by atoms with Gasteiger partial charge in [-0.1, -0.05) is 29.8 Å². The Labute approximate surface area is 181 Å². The molecule has 0 aliphatic rings. The van der Waals surface area contributed by atoms with E-state index in [0.29, 0.717) is 17.0 Å². The molecule has 3 aromatic rings. The van der Waals surface area contributed by atoms with Gasteiger partial charge in [0.15, 0.2) is 0 Å². The predicted octanol–water partition coefficient (Wildman–Crippen LogP) is 4.05. The molecule has 0 aliphatic carbocycles. The van der Waals surface area contributed by atoms with E-state index in [9.17, 15) is 17.6 Å². The quantitative estimate of drug-likeness (QED) is 0.516. The molecule has 31 heavy (non-hydrogen) atoms. The summed E-state index contributed by atoms with van der Waals surface area (Å²) < 4.78 is 46.5. The fourth-order valence-corrected chi connectivity index (χ4v) is 3.92. The van der Waals surface area contributed by atoms with Gasteiger partial charge in [0.05, 0.1) is 11.4 Å². The van der Waals surface area contributed by atoms with Gasteiger partial charge in [0, 0.05) is 17.3 Å². The molecule has 0 unspecified atom stereocenters. The highest BCUT2D eigenvalue weighted by molar-refractivity contribution is 7.92. The Morgan fingerprint density at radius 1 is 1.00 bits per heavy atom. The monoisotopic (exact) mass is 442 g/mol. The first-order chi connectivity index (χ1) is 14.7. The van der Waals surface area contributed by atoms with Crippen molar-refractivity contribution in [2.75, 3.05) is 17.9 Å². The molecule has 2 N–H and O–H groups in total. The number of sulfonamides is 1. The Hall–Kier alpha value is -3.39. The van der Waals surface area contributed by atoms with Crippen LogP contribution in [-0.4, -0.2) is 27.5 Å². The molecule has 0 spiro atoms. The van der Waals surface area contributed by atoms with Crippen molar-refractivity contribution in [2.45, 2.75) is 18.7 Å². The van der Waals surface area contributed by atoms with Gasteiger partial charge < -0.3 is 10.1 Å². The van der Waals surface area contributed by atoms with Gasteiger partial charge in [-0.05, 0) is 55.8 Å². The third-order valence-corrected chi connectivity index (χ3v) is 5.90. The SMILES string of the molecule is Cc1ccc(NS(=O)(=O)c2ccc(C)c(C(=O)NCCOc3cccc(F)c3)c2)cc1. The molecule has 0 atom stereocenters. The Balaban J connectivity index is 1.65. The van der Waals surface area contributed by atoms with Gasteiger partial charge in [-0.2, -0.15) is 0 Å². The molecule has 0 saturated heterocycles. The Morgan fingerprint density at radius 3 is 2.45 bits per heavy atom. The second kappa shape index (κ2) is 9.61.